The Morgan fingerprint density at radius 1 is 1.44 bits per heavy atom. The van der Waals surface area contributed by atoms with Gasteiger partial charge in [0.2, 0.25) is 0 Å². The van der Waals surface area contributed by atoms with Gasteiger partial charge in [-0.25, -0.2) is 8.42 Å². The summed E-state index contributed by atoms with van der Waals surface area (Å²) in [5.41, 5.74) is 0. The molecule has 16 heavy (non-hydrogen) atoms. The van der Waals surface area contributed by atoms with Gasteiger partial charge >= 0.3 is 0 Å². The molecule has 2 atom stereocenters. The van der Waals surface area contributed by atoms with Crippen LogP contribution in [0.15, 0.2) is 0 Å². The summed E-state index contributed by atoms with van der Waals surface area (Å²) < 4.78 is 23.1. The molecule has 5 heteroatoms. The molecule has 1 rings (SSSR count). The Balaban J connectivity index is 2.47. The fourth-order valence-electron chi connectivity index (χ4n) is 1.96. The highest BCUT2D eigenvalue weighted by Gasteiger charge is 2.30. The van der Waals surface area contributed by atoms with E-state index in [4.69, 9.17) is 0 Å². The molecule has 1 heterocycles. The maximum absolute atomic E-state index is 11.8. The molecular formula is C11H21NO3S. The van der Waals surface area contributed by atoms with E-state index in [0.717, 1.165) is 13.0 Å². The van der Waals surface area contributed by atoms with Gasteiger partial charge in [-0.05, 0) is 33.7 Å². The number of rotatable bonds is 5. The number of ketones is 1. The first kappa shape index (κ1) is 13.6. The van der Waals surface area contributed by atoms with E-state index < -0.39 is 9.84 Å². The molecule has 0 saturated carbocycles. The minimum Gasteiger partial charge on any atom is -0.314 e. The van der Waals surface area contributed by atoms with Gasteiger partial charge < -0.3 is 5.32 Å². The molecule has 1 fully saturated rings. The fraction of sp³-hybridized carbons (Fsp3) is 0.909. The predicted molar refractivity (Wildman–Crippen MR) is 64.1 cm³/mol. The topological polar surface area (TPSA) is 63.2 Å². The molecule has 0 aromatic rings. The quantitative estimate of drug-likeness (QED) is 0.779. The van der Waals surface area contributed by atoms with Gasteiger partial charge in [0.25, 0.3) is 0 Å². The molecule has 0 amide bonds. The zero-order valence-corrected chi connectivity index (χ0v) is 11.0. The van der Waals surface area contributed by atoms with Crippen molar-refractivity contribution >= 4 is 15.6 Å². The largest absolute Gasteiger partial charge is 0.314 e. The minimum atomic E-state index is -3.08. The Morgan fingerprint density at radius 2 is 2.06 bits per heavy atom. The van der Waals surface area contributed by atoms with Crippen LogP contribution in [0, 0.1) is 5.92 Å². The van der Waals surface area contributed by atoms with Crippen LogP contribution in [0.2, 0.25) is 0 Å². The minimum absolute atomic E-state index is 0.00219. The van der Waals surface area contributed by atoms with Crippen LogP contribution in [-0.2, 0) is 14.6 Å². The fourth-order valence-corrected chi connectivity index (χ4v) is 2.92. The normalized spacial score (nSPS) is 26.2. The van der Waals surface area contributed by atoms with E-state index in [1.54, 1.807) is 13.8 Å². The van der Waals surface area contributed by atoms with E-state index in [-0.39, 0.29) is 35.2 Å². The Hall–Kier alpha value is -0.420. The second-order valence-electron chi connectivity index (χ2n) is 4.77. The van der Waals surface area contributed by atoms with Crippen LogP contribution in [0.5, 0.6) is 0 Å². The second kappa shape index (κ2) is 5.27. The van der Waals surface area contributed by atoms with Crippen molar-refractivity contribution in [2.24, 2.45) is 5.92 Å². The van der Waals surface area contributed by atoms with Gasteiger partial charge in [0.1, 0.15) is 5.78 Å². The highest BCUT2D eigenvalue weighted by Crippen LogP contribution is 2.18. The van der Waals surface area contributed by atoms with E-state index in [0.29, 0.717) is 0 Å². The first-order valence-electron chi connectivity index (χ1n) is 5.82. The number of Topliss-reactive ketones (excluding diaryl/α,β-unsaturated/α-hetero) is 1. The lowest BCUT2D eigenvalue weighted by Gasteiger charge is -2.14. The van der Waals surface area contributed by atoms with Gasteiger partial charge in [-0.15, -0.1) is 0 Å². The zero-order chi connectivity index (χ0) is 12.3. The second-order valence-corrected chi connectivity index (χ2v) is 7.45. The van der Waals surface area contributed by atoms with Crippen LogP contribution < -0.4 is 5.32 Å². The van der Waals surface area contributed by atoms with Gasteiger partial charge in [0.05, 0.1) is 11.0 Å². The van der Waals surface area contributed by atoms with E-state index in [1.165, 1.54) is 0 Å². The number of carbonyl (C=O) groups is 1. The van der Waals surface area contributed by atoms with E-state index in [2.05, 4.69) is 5.32 Å². The van der Waals surface area contributed by atoms with Crippen molar-refractivity contribution in [2.45, 2.75) is 44.9 Å². The van der Waals surface area contributed by atoms with Crippen molar-refractivity contribution in [1.29, 1.82) is 0 Å². The van der Waals surface area contributed by atoms with E-state index in [9.17, 15) is 13.2 Å². The highest BCUT2D eigenvalue weighted by molar-refractivity contribution is 7.91. The average molecular weight is 247 g/mol. The van der Waals surface area contributed by atoms with Gasteiger partial charge in [0.15, 0.2) is 9.84 Å². The van der Waals surface area contributed by atoms with Crippen LogP contribution in [0.25, 0.3) is 0 Å². The van der Waals surface area contributed by atoms with Gasteiger partial charge in [0, 0.05) is 18.4 Å². The van der Waals surface area contributed by atoms with Gasteiger partial charge in [-0.3, -0.25) is 4.79 Å². The van der Waals surface area contributed by atoms with Crippen LogP contribution in [-0.4, -0.2) is 37.8 Å². The molecule has 0 radical (unpaired) electrons. The van der Waals surface area contributed by atoms with Crippen molar-refractivity contribution in [3.05, 3.63) is 0 Å². The van der Waals surface area contributed by atoms with Crippen LogP contribution >= 0.6 is 0 Å². The molecule has 0 aromatic carbocycles. The van der Waals surface area contributed by atoms with Crippen LogP contribution in [0.3, 0.4) is 0 Å². The molecule has 1 saturated heterocycles. The zero-order valence-electron chi connectivity index (χ0n) is 10.2. The summed E-state index contributed by atoms with van der Waals surface area (Å²) in [4.78, 5) is 11.8. The predicted octanol–water partition coefficient (Wildman–Crippen LogP) is 0.767. The summed E-state index contributed by atoms with van der Waals surface area (Å²) >= 11 is 0. The molecular weight excluding hydrogens is 226 g/mol. The van der Waals surface area contributed by atoms with Crippen LogP contribution in [0.1, 0.15) is 33.6 Å². The number of hydrogen-bond acceptors (Lipinski definition) is 4. The maximum atomic E-state index is 11.8. The number of nitrogens with one attached hydrogen (secondary N) is 1. The van der Waals surface area contributed by atoms with Gasteiger partial charge in [-0.1, -0.05) is 0 Å². The molecule has 0 aromatic heterocycles. The number of carbonyl (C=O) groups excluding carboxylic acids is 1. The summed E-state index contributed by atoms with van der Waals surface area (Å²) in [6.45, 7) is 6.14. The number of hydrogen-bond donors (Lipinski definition) is 1. The third-order valence-electron chi connectivity index (χ3n) is 3.29. The maximum Gasteiger partial charge on any atom is 0.153 e. The monoisotopic (exact) mass is 247 g/mol. The smallest absolute Gasteiger partial charge is 0.153 e. The molecule has 94 valence electrons. The summed E-state index contributed by atoms with van der Waals surface area (Å²) in [6.07, 6.45) is 0.999. The molecule has 1 aliphatic rings. The Morgan fingerprint density at radius 3 is 2.50 bits per heavy atom. The Bertz CT molecular complexity index is 348. The van der Waals surface area contributed by atoms with Crippen molar-refractivity contribution in [3.63, 3.8) is 0 Å². The molecule has 0 bridgehead atoms. The Labute approximate surface area is 97.7 Å². The molecule has 0 spiro atoms. The summed E-state index contributed by atoms with van der Waals surface area (Å²) in [6, 6.07) is 0.189. The summed E-state index contributed by atoms with van der Waals surface area (Å²) in [5.74, 6) is 0.0799. The van der Waals surface area contributed by atoms with Crippen LogP contribution in [0.4, 0.5) is 0 Å². The third-order valence-corrected chi connectivity index (χ3v) is 5.50. The highest BCUT2D eigenvalue weighted by atomic mass is 32.2. The lowest BCUT2D eigenvalue weighted by atomic mass is 9.95. The Kier molecular flexibility index (Phi) is 4.50. The molecule has 0 aliphatic carbocycles. The lowest BCUT2D eigenvalue weighted by molar-refractivity contribution is -0.122. The summed E-state index contributed by atoms with van der Waals surface area (Å²) in [7, 11) is -3.08. The van der Waals surface area contributed by atoms with E-state index >= 15 is 0 Å². The van der Waals surface area contributed by atoms with Crippen molar-refractivity contribution in [2.75, 3.05) is 12.3 Å². The van der Waals surface area contributed by atoms with E-state index in [1.807, 2.05) is 6.92 Å². The average Bonchev–Trinajstić information content (AvgIpc) is 2.61. The van der Waals surface area contributed by atoms with Gasteiger partial charge in [-0.2, -0.15) is 0 Å². The standard InChI is InChI=1S/C11H21NO3S/c1-8(2)16(14,15)7-5-11(13)10-4-6-12-9(10)3/h8-10,12H,4-7H2,1-3H3. The van der Waals surface area contributed by atoms with Crippen molar-refractivity contribution in [3.8, 4) is 0 Å². The molecule has 1 N–H and O–H groups in total. The molecule has 4 nitrogen and oxygen atoms in total. The van der Waals surface area contributed by atoms with Crippen molar-refractivity contribution in [1.82, 2.24) is 5.32 Å². The first-order chi connectivity index (χ1) is 7.34. The summed E-state index contributed by atoms with van der Waals surface area (Å²) in [5, 5.41) is 2.81. The number of sulfone groups is 1. The van der Waals surface area contributed by atoms with Crippen molar-refractivity contribution < 1.29 is 13.2 Å². The first-order valence-corrected chi connectivity index (χ1v) is 7.54. The molecule has 2 unspecified atom stereocenters. The molecule has 1 aliphatic heterocycles. The lowest BCUT2D eigenvalue weighted by Crippen LogP contribution is -2.30. The SMILES string of the molecule is CC1NCCC1C(=O)CCS(=O)(=O)C(C)C. The third kappa shape index (κ3) is 3.28.